The van der Waals surface area contributed by atoms with Crippen LogP contribution in [-0.2, 0) is 0 Å². The van der Waals surface area contributed by atoms with Crippen LogP contribution in [0.4, 0.5) is 0 Å². The van der Waals surface area contributed by atoms with E-state index in [2.05, 4.69) is 5.32 Å². The maximum atomic E-state index is 12.0. The number of benzene rings is 2. The maximum absolute atomic E-state index is 12.0. The van der Waals surface area contributed by atoms with Gasteiger partial charge in [0.1, 0.15) is 11.5 Å². The van der Waals surface area contributed by atoms with E-state index in [1.807, 2.05) is 30.3 Å². The topological polar surface area (TPSA) is 58.6 Å². The largest absolute Gasteiger partial charge is 0.457 e. The molecule has 2 aromatic carbocycles. The van der Waals surface area contributed by atoms with Gasteiger partial charge in [-0.05, 0) is 55.7 Å². The van der Waals surface area contributed by atoms with Crippen molar-refractivity contribution in [3.05, 3.63) is 60.2 Å². The van der Waals surface area contributed by atoms with E-state index < -0.39 is 5.60 Å². The van der Waals surface area contributed by atoms with Gasteiger partial charge < -0.3 is 15.2 Å². The van der Waals surface area contributed by atoms with E-state index in [1.165, 1.54) is 0 Å². The minimum Gasteiger partial charge on any atom is -0.457 e. The Morgan fingerprint density at radius 1 is 1.05 bits per heavy atom. The number of carbonyl (C=O) groups is 1. The van der Waals surface area contributed by atoms with Gasteiger partial charge in [0.25, 0.3) is 5.91 Å². The Labute approximate surface area is 129 Å². The highest BCUT2D eigenvalue weighted by Gasteiger charge is 2.34. The monoisotopic (exact) mass is 297 g/mol. The van der Waals surface area contributed by atoms with Crippen LogP contribution in [0.3, 0.4) is 0 Å². The van der Waals surface area contributed by atoms with Crippen LogP contribution in [0.5, 0.6) is 11.5 Å². The molecule has 3 rings (SSSR count). The van der Waals surface area contributed by atoms with Gasteiger partial charge in [0.2, 0.25) is 0 Å². The summed E-state index contributed by atoms with van der Waals surface area (Å²) < 4.78 is 5.68. The molecule has 0 saturated heterocycles. The van der Waals surface area contributed by atoms with Crippen LogP contribution >= 0.6 is 0 Å². The van der Waals surface area contributed by atoms with E-state index in [9.17, 15) is 9.90 Å². The number of hydrogen-bond donors (Lipinski definition) is 2. The first-order valence-corrected chi connectivity index (χ1v) is 7.48. The van der Waals surface area contributed by atoms with Crippen LogP contribution in [-0.4, -0.2) is 23.2 Å². The van der Waals surface area contributed by atoms with E-state index in [4.69, 9.17) is 4.74 Å². The van der Waals surface area contributed by atoms with Gasteiger partial charge >= 0.3 is 0 Å². The summed E-state index contributed by atoms with van der Waals surface area (Å²) in [4.78, 5) is 12.0. The number of aliphatic hydroxyl groups is 1. The minimum absolute atomic E-state index is 0.174. The Bertz CT molecular complexity index is 633. The van der Waals surface area contributed by atoms with E-state index in [0.29, 0.717) is 17.9 Å². The molecule has 2 aromatic rings. The third-order valence-corrected chi connectivity index (χ3v) is 3.96. The number of carbonyl (C=O) groups excluding carboxylic acids is 1. The number of hydrogen-bond acceptors (Lipinski definition) is 3. The molecule has 22 heavy (non-hydrogen) atoms. The van der Waals surface area contributed by atoms with Gasteiger partial charge in [0, 0.05) is 12.1 Å². The minimum atomic E-state index is -0.702. The lowest BCUT2D eigenvalue weighted by Crippen LogP contribution is -2.47. The third-order valence-electron chi connectivity index (χ3n) is 3.96. The lowest BCUT2D eigenvalue weighted by molar-refractivity contribution is -0.0300. The van der Waals surface area contributed by atoms with Crippen LogP contribution in [0.2, 0.25) is 0 Å². The first-order valence-electron chi connectivity index (χ1n) is 7.48. The van der Waals surface area contributed by atoms with Crippen LogP contribution in [0, 0.1) is 0 Å². The van der Waals surface area contributed by atoms with E-state index in [-0.39, 0.29) is 5.91 Å². The normalized spacial score (nSPS) is 15.7. The Kier molecular flexibility index (Phi) is 4.11. The average molecular weight is 297 g/mol. The zero-order valence-electron chi connectivity index (χ0n) is 12.3. The molecule has 1 amide bonds. The number of nitrogens with one attached hydrogen (secondary N) is 1. The van der Waals surface area contributed by atoms with Gasteiger partial charge in [-0.25, -0.2) is 0 Å². The molecule has 0 bridgehead atoms. The van der Waals surface area contributed by atoms with Crippen molar-refractivity contribution in [3.8, 4) is 11.5 Å². The molecule has 1 aliphatic rings. The predicted molar refractivity (Wildman–Crippen MR) is 84.1 cm³/mol. The van der Waals surface area contributed by atoms with Crippen molar-refractivity contribution in [2.75, 3.05) is 6.54 Å². The van der Waals surface area contributed by atoms with Crippen molar-refractivity contribution in [3.63, 3.8) is 0 Å². The zero-order chi connectivity index (χ0) is 15.4. The quantitative estimate of drug-likeness (QED) is 0.891. The Morgan fingerprint density at radius 3 is 2.27 bits per heavy atom. The molecule has 0 atom stereocenters. The fourth-order valence-electron chi connectivity index (χ4n) is 2.41. The summed E-state index contributed by atoms with van der Waals surface area (Å²) in [5, 5.41) is 12.8. The summed E-state index contributed by atoms with van der Waals surface area (Å²) in [7, 11) is 0. The van der Waals surface area contributed by atoms with Crippen molar-refractivity contribution < 1.29 is 14.6 Å². The highest BCUT2D eigenvalue weighted by Crippen LogP contribution is 2.30. The van der Waals surface area contributed by atoms with Crippen LogP contribution in [0.25, 0.3) is 0 Å². The maximum Gasteiger partial charge on any atom is 0.251 e. The highest BCUT2D eigenvalue weighted by atomic mass is 16.5. The second-order valence-electron chi connectivity index (χ2n) is 5.70. The van der Waals surface area contributed by atoms with Crippen LogP contribution < -0.4 is 10.1 Å². The molecule has 0 aromatic heterocycles. The van der Waals surface area contributed by atoms with Crippen molar-refractivity contribution >= 4 is 5.91 Å². The summed E-state index contributed by atoms with van der Waals surface area (Å²) in [6.45, 7) is 0.314. The molecule has 4 nitrogen and oxygen atoms in total. The van der Waals surface area contributed by atoms with Gasteiger partial charge in [-0.1, -0.05) is 18.2 Å². The molecule has 114 valence electrons. The smallest absolute Gasteiger partial charge is 0.251 e. The second-order valence-corrected chi connectivity index (χ2v) is 5.70. The van der Waals surface area contributed by atoms with Gasteiger partial charge in [-0.3, -0.25) is 4.79 Å². The van der Waals surface area contributed by atoms with E-state index in [1.54, 1.807) is 24.3 Å². The zero-order valence-corrected chi connectivity index (χ0v) is 12.3. The Hall–Kier alpha value is -2.33. The third kappa shape index (κ3) is 3.46. The van der Waals surface area contributed by atoms with Crippen LogP contribution in [0.15, 0.2) is 54.6 Å². The molecule has 0 aliphatic heterocycles. The molecule has 1 saturated carbocycles. The Balaban J connectivity index is 1.57. The number of amides is 1. The molecule has 4 heteroatoms. The average Bonchev–Trinajstić information content (AvgIpc) is 2.52. The summed E-state index contributed by atoms with van der Waals surface area (Å²) >= 11 is 0. The fourth-order valence-corrected chi connectivity index (χ4v) is 2.41. The van der Waals surface area contributed by atoms with Crippen LogP contribution in [0.1, 0.15) is 29.6 Å². The first kappa shape index (κ1) is 14.6. The van der Waals surface area contributed by atoms with Crippen molar-refractivity contribution in [1.82, 2.24) is 5.32 Å². The van der Waals surface area contributed by atoms with Crippen molar-refractivity contribution in [1.29, 1.82) is 0 Å². The fraction of sp³-hybridized carbons (Fsp3) is 0.278. The molecule has 0 radical (unpaired) electrons. The molecular formula is C18H19NO3. The lowest BCUT2D eigenvalue weighted by atomic mass is 9.80. The first-order chi connectivity index (χ1) is 10.6. The van der Waals surface area contributed by atoms with E-state index in [0.717, 1.165) is 25.0 Å². The lowest BCUT2D eigenvalue weighted by Gasteiger charge is -2.36. The van der Waals surface area contributed by atoms with Gasteiger partial charge in [-0.2, -0.15) is 0 Å². The van der Waals surface area contributed by atoms with Gasteiger partial charge in [0.15, 0.2) is 0 Å². The number of ether oxygens (including phenoxy) is 1. The van der Waals surface area contributed by atoms with Crippen molar-refractivity contribution in [2.45, 2.75) is 24.9 Å². The number of para-hydroxylation sites is 1. The molecular weight excluding hydrogens is 278 g/mol. The molecule has 0 unspecified atom stereocenters. The molecule has 2 N–H and O–H groups in total. The number of rotatable bonds is 5. The van der Waals surface area contributed by atoms with E-state index >= 15 is 0 Å². The molecule has 1 aliphatic carbocycles. The molecule has 1 fully saturated rings. The summed E-state index contributed by atoms with van der Waals surface area (Å²) in [6, 6.07) is 16.5. The Morgan fingerprint density at radius 2 is 1.68 bits per heavy atom. The molecule has 0 heterocycles. The standard InChI is InChI=1S/C18H19NO3/c20-17(19-13-18(21)11-4-12-18)14-7-9-16(10-8-14)22-15-5-2-1-3-6-15/h1-3,5-10,21H,4,11-13H2,(H,19,20). The van der Waals surface area contributed by atoms with Crippen molar-refractivity contribution in [2.24, 2.45) is 0 Å². The van der Waals surface area contributed by atoms with Gasteiger partial charge in [-0.15, -0.1) is 0 Å². The summed E-state index contributed by atoms with van der Waals surface area (Å²) in [5.74, 6) is 1.26. The van der Waals surface area contributed by atoms with Gasteiger partial charge in [0.05, 0.1) is 5.60 Å². The predicted octanol–water partition coefficient (Wildman–Crippen LogP) is 3.12. The molecule has 0 spiro atoms. The highest BCUT2D eigenvalue weighted by molar-refractivity contribution is 5.94. The SMILES string of the molecule is O=C(NCC1(O)CCC1)c1ccc(Oc2ccccc2)cc1. The summed E-state index contributed by atoms with van der Waals surface area (Å²) in [5.41, 5.74) is -0.144. The second kappa shape index (κ2) is 6.20. The summed E-state index contributed by atoms with van der Waals surface area (Å²) in [6.07, 6.45) is 2.55.